The van der Waals surface area contributed by atoms with Gasteiger partial charge in [0.15, 0.2) is 0 Å². The Bertz CT molecular complexity index is 340. The van der Waals surface area contributed by atoms with E-state index in [0.29, 0.717) is 0 Å². The van der Waals surface area contributed by atoms with E-state index < -0.39 is 0 Å². The lowest BCUT2D eigenvalue weighted by atomic mass is 9.96. The van der Waals surface area contributed by atoms with Gasteiger partial charge in [-0.1, -0.05) is 0 Å². The van der Waals surface area contributed by atoms with Crippen LogP contribution < -0.4 is 11.1 Å². The van der Waals surface area contributed by atoms with Crippen LogP contribution in [0.15, 0.2) is 15.2 Å². The minimum absolute atomic E-state index is 0. The molecule has 1 atom stereocenters. The lowest BCUT2D eigenvalue weighted by Crippen LogP contribution is -2.50. The molecule has 1 heterocycles. The van der Waals surface area contributed by atoms with Crippen LogP contribution in [-0.4, -0.2) is 12.1 Å². The summed E-state index contributed by atoms with van der Waals surface area (Å²) in [5, 5.41) is 5.78. The third kappa shape index (κ3) is 3.44. The summed E-state index contributed by atoms with van der Waals surface area (Å²) in [6.45, 7) is 3.89. The predicted molar refractivity (Wildman–Crippen MR) is 76.3 cm³/mol. The molecule has 2 rings (SSSR count). The molecule has 3 N–H and O–H groups in total. The van der Waals surface area contributed by atoms with Crippen molar-refractivity contribution in [1.82, 2.24) is 5.32 Å². The molecule has 5 heteroatoms. The summed E-state index contributed by atoms with van der Waals surface area (Å²) in [5.74, 6) is 0.782. The van der Waals surface area contributed by atoms with Gasteiger partial charge in [0.25, 0.3) is 0 Å². The van der Waals surface area contributed by atoms with Crippen molar-refractivity contribution in [3.8, 4) is 0 Å². The zero-order valence-electron chi connectivity index (χ0n) is 9.33. The number of thiophene rings is 1. The maximum atomic E-state index is 5.85. The fourth-order valence-electron chi connectivity index (χ4n) is 1.85. The van der Waals surface area contributed by atoms with Gasteiger partial charge in [-0.25, -0.2) is 0 Å². The Morgan fingerprint density at radius 2 is 2.31 bits per heavy atom. The normalized spacial score (nSPS) is 18.9. The van der Waals surface area contributed by atoms with Crippen LogP contribution in [0.3, 0.4) is 0 Å². The number of hydrogen-bond acceptors (Lipinski definition) is 3. The molecule has 2 nitrogen and oxygen atoms in total. The molecule has 1 fully saturated rings. The van der Waals surface area contributed by atoms with Crippen molar-refractivity contribution in [3.05, 3.63) is 20.8 Å². The quantitative estimate of drug-likeness (QED) is 0.873. The van der Waals surface area contributed by atoms with Crippen LogP contribution in [0.4, 0.5) is 0 Å². The smallest absolute Gasteiger partial charge is 0.0701 e. The summed E-state index contributed by atoms with van der Waals surface area (Å²) in [5.41, 5.74) is 7.32. The Hall–Kier alpha value is 0.390. The number of halogens is 2. The first-order valence-electron chi connectivity index (χ1n) is 5.32. The minimum Gasteiger partial charge on any atom is -0.329 e. The topological polar surface area (TPSA) is 38.0 Å². The third-order valence-corrected chi connectivity index (χ3v) is 4.77. The van der Waals surface area contributed by atoms with Crippen molar-refractivity contribution >= 4 is 39.7 Å². The average molecular weight is 326 g/mol. The predicted octanol–water partition coefficient (Wildman–Crippen LogP) is 3.15. The molecule has 92 valence electrons. The lowest BCUT2D eigenvalue weighted by Gasteiger charge is -2.29. The van der Waals surface area contributed by atoms with Crippen molar-refractivity contribution in [3.63, 3.8) is 0 Å². The van der Waals surface area contributed by atoms with Gasteiger partial charge in [0.2, 0.25) is 0 Å². The van der Waals surface area contributed by atoms with E-state index in [1.165, 1.54) is 22.2 Å². The van der Waals surface area contributed by atoms with Gasteiger partial charge in [-0.15, -0.1) is 23.7 Å². The van der Waals surface area contributed by atoms with E-state index >= 15 is 0 Å². The Balaban J connectivity index is 0.00000128. The summed E-state index contributed by atoms with van der Waals surface area (Å²) in [6, 6.07) is 2.17. The average Bonchev–Trinajstić information content (AvgIpc) is 3.00. The zero-order chi connectivity index (χ0) is 10.9. The SMILES string of the molecule is CC(CN)(NCc1csc(Br)c1)C1CC1.Cl. The van der Waals surface area contributed by atoms with Gasteiger partial charge in [-0.3, -0.25) is 0 Å². The maximum Gasteiger partial charge on any atom is 0.0701 e. The first-order chi connectivity index (χ1) is 7.14. The monoisotopic (exact) mass is 324 g/mol. The van der Waals surface area contributed by atoms with Crippen LogP contribution in [-0.2, 0) is 6.54 Å². The number of rotatable bonds is 5. The van der Waals surface area contributed by atoms with E-state index in [-0.39, 0.29) is 17.9 Å². The molecule has 16 heavy (non-hydrogen) atoms. The van der Waals surface area contributed by atoms with Gasteiger partial charge < -0.3 is 11.1 Å². The molecule has 0 aromatic carbocycles. The second kappa shape index (κ2) is 5.83. The fourth-order valence-corrected chi connectivity index (χ4v) is 3.06. The molecule has 0 aliphatic heterocycles. The van der Waals surface area contributed by atoms with Gasteiger partial charge >= 0.3 is 0 Å². The largest absolute Gasteiger partial charge is 0.329 e. The molecule has 0 amide bonds. The molecule has 1 aromatic rings. The van der Waals surface area contributed by atoms with E-state index in [1.54, 1.807) is 11.3 Å². The highest BCUT2D eigenvalue weighted by Crippen LogP contribution is 2.39. The van der Waals surface area contributed by atoms with Crippen molar-refractivity contribution in [2.45, 2.75) is 31.8 Å². The van der Waals surface area contributed by atoms with Crippen LogP contribution in [0.1, 0.15) is 25.3 Å². The van der Waals surface area contributed by atoms with Crippen molar-refractivity contribution in [2.24, 2.45) is 11.7 Å². The van der Waals surface area contributed by atoms with Crippen LogP contribution >= 0.6 is 39.7 Å². The van der Waals surface area contributed by atoms with E-state index in [1.807, 2.05) is 0 Å². The molecular formula is C11H18BrClN2S. The van der Waals surface area contributed by atoms with Gasteiger partial charge in [0, 0.05) is 18.6 Å². The Labute approximate surface area is 116 Å². The summed E-state index contributed by atoms with van der Waals surface area (Å²) in [7, 11) is 0. The Morgan fingerprint density at radius 3 is 2.75 bits per heavy atom. The first kappa shape index (κ1) is 14.5. The molecule has 1 unspecified atom stereocenters. The zero-order valence-corrected chi connectivity index (χ0v) is 12.6. The van der Waals surface area contributed by atoms with E-state index in [0.717, 1.165) is 19.0 Å². The molecular weight excluding hydrogens is 308 g/mol. The maximum absolute atomic E-state index is 5.85. The van der Waals surface area contributed by atoms with E-state index in [2.05, 4.69) is 39.6 Å². The number of nitrogens with one attached hydrogen (secondary N) is 1. The summed E-state index contributed by atoms with van der Waals surface area (Å²) < 4.78 is 1.19. The van der Waals surface area contributed by atoms with Crippen LogP contribution in [0, 0.1) is 5.92 Å². The highest BCUT2D eigenvalue weighted by molar-refractivity contribution is 9.11. The second-order valence-electron chi connectivity index (χ2n) is 4.51. The van der Waals surface area contributed by atoms with E-state index in [9.17, 15) is 0 Å². The molecule has 1 saturated carbocycles. The van der Waals surface area contributed by atoms with Gasteiger partial charge in [0.1, 0.15) is 0 Å². The lowest BCUT2D eigenvalue weighted by molar-refractivity contribution is 0.317. The highest BCUT2D eigenvalue weighted by Gasteiger charge is 2.39. The van der Waals surface area contributed by atoms with Gasteiger partial charge in [-0.2, -0.15) is 0 Å². The van der Waals surface area contributed by atoms with Gasteiger partial charge in [-0.05, 0) is 58.6 Å². The number of nitrogens with two attached hydrogens (primary N) is 1. The molecule has 0 saturated heterocycles. The molecule has 1 aliphatic carbocycles. The summed E-state index contributed by atoms with van der Waals surface area (Å²) in [4.78, 5) is 0. The van der Waals surface area contributed by atoms with Crippen LogP contribution in [0.25, 0.3) is 0 Å². The molecule has 0 spiro atoms. The van der Waals surface area contributed by atoms with Crippen molar-refractivity contribution in [2.75, 3.05) is 6.54 Å². The number of hydrogen-bond donors (Lipinski definition) is 2. The van der Waals surface area contributed by atoms with Gasteiger partial charge in [0.05, 0.1) is 3.79 Å². The summed E-state index contributed by atoms with van der Waals surface area (Å²) >= 11 is 5.21. The van der Waals surface area contributed by atoms with E-state index in [4.69, 9.17) is 5.73 Å². The van der Waals surface area contributed by atoms with Crippen LogP contribution in [0.2, 0.25) is 0 Å². The standard InChI is InChI=1S/C11H17BrN2S.ClH/c1-11(7-13,9-2-3-9)14-5-8-4-10(12)15-6-8;/h4,6,9,14H,2-3,5,7,13H2,1H3;1H. The van der Waals surface area contributed by atoms with Crippen molar-refractivity contribution in [1.29, 1.82) is 0 Å². The van der Waals surface area contributed by atoms with Crippen LogP contribution in [0.5, 0.6) is 0 Å². The third-order valence-electron chi connectivity index (χ3n) is 3.22. The fraction of sp³-hybridized carbons (Fsp3) is 0.636. The minimum atomic E-state index is 0. The molecule has 0 bridgehead atoms. The molecule has 0 radical (unpaired) electrons. The Morgan fingerprint density at radius 1 is 1.62 bits per heavy atom. The molecule has 1 aliphatic rings. The first-order valence-corrected chi connectivity index (χ1v) is 6.99. The second-order valence-corrected chi connectivity index (χ2v) is 6.80. The summed E-state index contributed by atoms with van der Waals surface area (Å²) in [6.07, 6.45) is 2.65. The molecule has 1 aromatic heterocycles. The Kier molecular flexibility index (Phi) is 5.26. The van der Waals surface area contributed by atoms with Crippen molar-refractivity contribution < 1.29 is 0 Å². The highest BCUT2D eigenvalue weighted by atomic mass is 79.9.